The predicted octanol–water partition coefficient (Wildman–Crippen LogP) is 4.33. The maximum atomic E-state index is 16.1. The number of rotatable bonds is 12. The smallest absolute Gasteiger partial charge is 0.381 e. The summed E-state index contributed by atoms with van der Waals surface area (Å²) in [7, 11) is -4.33. The molecule has 3 aliphatic rings. The van der Waals surface area contributed by atoms with Crippen molar-refractivity contribution >= 4 is 53.4 Å². The Morgan fingerprint density at radius 2 is 1.63 bits per heavy atom. The highest BCUT2D eigenvalue weighted by molar-refractivity contribution is 8.14. The first kappa shape index (κ1) is 34.3. The number of nitrogens with one attached hydrogen (secondary N) is 2. The zero-order valence-electron chi connectivity index (χ0n) is 24.4. The molecule has 1 spiro atoms. The summed E-state index contributed by atoms with van der Waals surface area (Å²) in [6.45, 7) is 11.3. The summed E-state index contributed by atoms with van der Waals surface area (Å²) < 4.78 is 51.1. The number of amidine groups is 1. The van der Waals surface area contributed by atoms with Gasteiger partial charge in [-0.05, 0) is 6.42 Å². The van der Waals surface area contributed by atoms with Crippen molar-refractivity contribution < 1.29 is 51.2 Å². The van der Waals surface area contributed by atoms with Crippen molar-refractivity contribution in [2.24, 2.45) is 10.8 Å². The third-order valence-corrected chi connectivity index (χ3v) is 10.9. The minimum Gasteiger partial charge on any atom is -0.381 e. The van der Waals surface area contributed by atoms with Gasteiger partial charge in [-0.25, -0.2) is 9.36 Å². The molecule has 5 atom stereocenters. The second-order valence-corrected chi connectivity index (χ2v) is 15.9. The molecule has 0 saturated carbocycles. The van der Waals surface area contributed by atoms with Crippen LogP contribution in [0.25, 0.3) is 0 Å². The fraction of sp³-hybridized carbons (Fsp3) is 0.760. The topological polar surface area (TPSA) is 161 Å². The molecule has 0 radical (unpaired) electrons. The Balaban J connectivity index is 1.68. The summed E-state index contributed by atoms with van der Waals surface area (Å²) in [5.41, 5.74) is -2.84. The summed E-state index contributed by atoms with van der Waals surface area (Å²) in [4.78, 5) is 37.0. The van der Waals surface area contributed by atoms with Gasteiger partial charge in [0.15, 0.2) is 16.3 Å². The minimum absolute atomic E-state index is 0.0311. The molecule has 3 heterocycles. The number of quaternary nitrogens is 1. The highest BCUT2D eigenvalue weighted by Crippen LogP contribution is 2.65. The van der Waals surface area contributed by atoms with Gasteiger partial charge in [-0.1, -0.05) is 72.0 Å². The maximum Gasteiger partial charge on any atom is 0.474 e. The average Bonchev–Trinajstić information content (AvgIpc) is 3.29. The zero-order valence-corrected chi connectivity index (χ0v) is 26.9. The van der Waals surface area contributed by atoms with E-state index in [4.69, 9.17) is 23.7 Å². The standard InChI is InChI=1S/C25H39FN3O9PS2/c1-8-24(17(30)25(26)18(38-24)29(25)10-9-16(27)28-21(29)33)15-37-39(34,35-11-13-40-19(31)22(2,3)4)36-12-14-41-20(32)23(5,6)7/h9-10,17-18,30H,8,11-15H2,1-7H3,(H-,27,28,33)/p+1/t17-,18-,24-,25-,29?/m1/s1. The molecular weight excluding hydrogens is 600 g/mol. The number of carbonyl (C=O) groups excluding carboxylic acids is 3. The van der Waals surface area contributed by atoms with E-state index < -0.39 is 59.5 Å². The number of alkyl halides is 1. The third kappa shape index (κ3) is 6.68. The molecule has 0 bridgehead atoms. The number of halogens is 1. The van der Waals surface area contributed by atoms with Crippen LogP contribution in [-0.2, 0) is 32.5 Å². The Morgan fingerprint density at radius 1 is 1.12 bits per heavy atom. The Labute approximate surface area is 248 Å². The lowest BCUT2D eigenvalue weighted by Gasteiger charge is -2.36. The number of amides is 2. The van der Waals surface area contributed by atoms with Crippen molar-refractivity contribution in [3.8, 4) is 0 Å². The fourth-order valence-electron chi connectivity index (χ4n) is 4.31. The van der Waals surface area contributed by atoms with Gasteiger partial charge < -0.3 is 9.84 Å². The number of urea groups is 1. The summed E-state index contributed by atoms with van der Waals surface area (Å²) in [6, 6.07) is -0.850. The fourth-order valence-corrected chi connectivity index (χ4v) is 7.36. The molecule has 0 aromatic carbocycles. The van der Waals surface area contributed by atoms with E-state index in [9.17, 15) is 24.1 Å². The Morgan fingerprint density at radius 3 is 2.02 bits per heavy atom. The van der Waals surface area contributed by atoms with Gasteiger partial charge in [0.1, 0.15) is 17.6 Å². The molecule has 0 aromatic heterocycles. The second kappa shape index (κ2) is 12.1. The number of phosphoric acid groups is 1. The molecule has 0 aromatic rings. The van der Waals surface area contributed by atoms with E-state index in [1.165, 1.54) is 12.3 Å². The van der Waals surface area contributed by atoms with Crippen molar-refractivity contribution in [2.45, 2.75) is 78.6 Å². The van der Waals surface area contributed by atoms with Crippen molar-refractivity contribution in [1.82, 2.24) is 5.32 Å². The Kier molecular flexibility index (Phi) is 10.1. The van der Waals surface area contributed by atoms with Crippen LogP contribution in [0.3, 0.4) is 0 Å². The number of phosphoric ester groups is 1. The van der Waals surface area contributed by atoms with Crippen molar-refractivity contribution in [1.29, 1.82) is 5.41 Å². The third-order valence-electron chi connectivity index (χ3n) is 6.92. The number of ether oxygens (including phenoxy) is 1. The number of thioether (sulfide) groups is 2. The largest absolute Gasteiger partial charge is 0.474 e. The summed E-state index contributed by atoms with van der Waals surface area (Å²) in [5.74, 6) is -2.44. The van der Waals surface area contributed by atoms with E-state index in [1.807, 2.05) is 0 Å². The molecule has 2 saturated heterocycles. The number of nitrogens with zero attached hydrogens (tertiary/aromatic N) is 1. The van der Waals surface area contributed by atoms with Gasteiger partial charge in [0, 0.05) is 28.4 Å². The first-order valence-electron chi connectivity index (χ1n) is 13.2. The monoisotopic (exact) mass is 640 g/mol. The molecule has 1 unspecified atom stereocenters. The molecule has 2 fully saturated rings. The average molecular weight is 641 g/mol. The molecule has 12 nitrogen and oxygen atoms in total. The molecule has 2 amide bonds. The highest BCUT2D eigenvalue weighted by atomic mass is 32.2. The molecule has 0 aliphatic carbocycles. The van der Waals surface area contributed by atoms with Gasteiger partial charge in [-0.3, -0.25) is 33.9 Å². The van der Waals surface area contributed by atoms with Crippen molar-refractivity contribution in [2.75, 3.05) is 31.3 Å². The zero-order chi connectivity index (χ0) is 31.1. The SMILES string of the molecule is CC[C@]1(COP(=O)(OCCSC(=O)C(C)(C)C)OCCSC(=O)C(C)(C)C)O[C@@H]2[C@@](F)([C@@H]1O)[N+]21C=CC(=N)NC1=O. The van der Waals surface area contributed by atoms with Crippen molar-refractivity contribution in [3.05, 3.63) is 12.3 Å². The Hall–Kier alpha value is -1.16. The number of carbonyl (C=O) groups is 3. The van der Waals surface area contributed by atoms with Crippen LogP contribution in [0, 0.1) is 16.2 Å². The lowest BCUT2D eigenvalue weighted by Crippen LogP contribution is -2.59. The molecule has 232 valence electrons. The van der Waals surface area contributed by atoms with Crippen LogP contribution in [0.1, 0.15) is 54.9 Å². The summed E-state index contributed by atoms with van der Waals surface area (Å²) in [6.07, 6.45) is -0.849. The van der Waals surface area contributed by atoms with E-state index >= 15 is 4.39 Å². The summed E-state index contributed by atoms with van der Waals surface area (Å²) >= 11 is 2.01. The number of fused-ring (bicyclic) bond motifs is 3. The highest BCUT2D eigenvalue weighted by Gasteiger charge is 2.97. The molecule has 3 N–H and O–H groups in total. The van der Waals surface area contributed by atoms with Crippen LogP contribution in [0.5, 0.6) is 0 Å². The lowest BCUT2D eigenvalue weighted by molar-refractivity contribution is -0.748. The first-order chi connectivity index (χ1) is 18.8. The van der Waals surface area contributed by atoms with E-state index in [0.29, 0.717) is 0 Å². The summed E-state index contributed by atoms with van der Waals surface area (Å²) in [5, 5.41) is 20.7. The minimum atomic E-state index is -4.33. The van der Waals surface area contributed by atoms with Crippen LogP contribution in [-0.4, -0.2) is 86.7 Å². The van der Waals surface area contributed by atoms with Gasteiger partial charge in [-0.15, -0.1) is 4.48 Å². The van der Waals surface area contributed by atoms with Crippen LogP contribution in [0.15, 0.2) is 12.3 Å². The normalized spacial score (nSPS) is 31.3. The maximum absolute atomic E-state index is 16.1. The quantitative estimate of drug-likeness (QED) is 0.0915. The van der Waals surface area contributed by atoms with E-state index in [-0.39, 0.29) is 47.2 Å². The van der Waals surface area contributed by atoms with E-state index in [1.54, 1.807) is 48.5 Å². The van der Waals surface area contributed by atoms with Gasteiger partial charge in [0.25, 0.3) is 0 Å². The second-order valence-electron chi connectivity index (χ2n) is 12.1. The molecule has 41 heavy (non-hydrogen) atoms. The van der Waals surface area contributed by atoms with Crippen molar-refractivity contribution in [3.63, 3.8) is 0 Å². The number of hydrogen-bond acceptors (Lipinski definition) is 12. The van der Waals surface area contributed by atoms with Crippen LogP contribution < -0.4 is 5.32 Å². The molecular formula is C25H40FN3O9PS2+. The van der Waals surface area contributed by atoms with Crippen LogP contribution in [0.2, 0.25) is 0 Å². The number of aliphatic hydroxyl groups is 1. The molecule has 3 rings (SSSR count). The van der Waals surface area contributed by atoms with Crippen LogP contribution in [0.4, 0.5) is 9.18 Å². The van der Waals surface area contributed by atoms with E-state index in [2.05, 4.69) is 5.32 Å². The number of aliphatic hydroxyl groups excluding tert-OH is 1. The molecule has 16 heteroatoms. The van der Waals surface area contributed by atoms with Gasteiger partial charge in [0.05, 0.1) is 19.8 Å². The molecule has 3 aliphatic heterocycles. The van der Waals surface area contributed by atoms with E-state index in [0.717, 1.165) is 23.5 Å². The number of hydrogen-bond donors (Lipinski definition) is 3. The van der Waals surface area contributed by atoms with Gasteiger partial charge >= 0.3 is 25.9 Å². The van der Waals surface area contributed by atoms with Crippen LogP contribution >= 0.6 is 31.3 Å². The van der Waals surface area contributed by atoms with Gasteiger partial charge in [0.2, 0.25) is 0 Å². The lowest BCUT2D eigenvalue weighted by atomic mass is 9.92. The first-order valence-corrected chi connectivity index (χ1v) is 16.6. The Bertz CT molecular complexity index is 1120. The predicted molar refractivity (Wildman–Crippen MR) is 153 cm³/mol. The van der Waals surface area contributed by atoms with Gasteiger partial charge in [-0.2, -0.15) is 4.39 Å².